The average Bonchev–Trinajstić information content (AvgIpc) is 2.41. The third kappa shape index (κ3) is 3.69. The monoisotopic (exact) mass is 265 g/mol. The molecule has 1 N–H and O–H groups in total. The second-order valence-corrected chi connectivity index (χ2v) is 5.80. The molecule has 3 heteroatoms. The molecule has 0 aromatic heterocycles. The number of methoxy groups -OCH3 is 1. The van der Waals surface area contributed by atoms with Crippen LogP contribution in [0.4, 0.5) is 4.39 Å². The number of ether oxygens (including phenoxy) is 1. The number of halogens is 1. The first-order valence-corrected chi connectivity index (χ1v) is 7.16. The molecule has 106 valence electrons. The molecule has 1 aromatic carbocycles. The van der Waals surface area contributed by atoms with Gasteiger partial charge in [0.1, 0.15) is 11.6 Å². The molecule has 0 heterocycles. The fourth-order valence-electron chi connectivity index (χ4n) is 2.79. The van der Waals surface area contributed by atoms with Crippen LogP contribution in [0.15, 0.2) is 18.2 Å². The molecule has 19 heavy (non-hydrogen) atoms. The third-order valence-corrected chi connectivity index (χ3v) is 4.44. The van der Waals surface area contributed by atoms with Crippen LogP contribution in [-0.4, -0.2) is 13.2 Å². The molecule has 1 fully saturated rings. The van der Waals surface area contributed by atoms with E-state index in [4.69, 9.17) is 4.74 Å². The Balaban J connectivity index is 1.88. The number of nitrogens with one attached hydrogen (secondary N) is 1. The Bertz CT molecular complexity index is 421. The summed E-state index contributed by atoms with van der Waals surface area (Å²) in [6.07, 6.45) is 3.66. The van der Waals surface area contributed by atoms with Crippen LogP contribution in [0.5, 0.6) is 5.75 Å². The van der Waals surface area contributed by atoms with E-state index in [1.165, 1.54) is 25.3 Å². The van der Waals surface area contributed by atoms with E-state index in [1.807, 2.05) is 6.07 Å². The highest BCUT2D eigenvalue weighted by molar-refractivity contribution is 5.28. The summed E-state index contributed by atoms with van der Waals surface area (Å²) in [6, 6.07) is 5.58. The van der Waals surface area contributed by atoms with E-state index in [9.17, 15) is 4.39 Å². The lowest BCUT2D eigenvalue weighted by atomic mass is 9.79. The van der Waals surface area contributed by atoms with Gasteiger partial charge in [0.25, 0.3) is 0 Å². The fraction of sp³-hybridized carbons (Fsp3) is 0.625. The zero-order chi connectivity index (χ0) is 13.8. The van der Waals surface area contributed by atoms with E-state index in [-0.39, 0.29) is 5.82 Å². The van der Waals surface area contributed by atoms with E-state index >= 15 is 0 Å². The van der Waals surface area contributed by atoms with Gasteiger partial charge in [-0.05, 0) is 37.2 Å². The van der Waals surface area contributed by atoms with Crippen molar-refractivity contribution in [2.45, 2.75) is 45.7 Å². The maximum Gasteiger partial charge on any atom is 0.131 e. The lowest BCUT2D eigenvalue weighted by molar-refractivity contribution is 0.225. The van der Waals surface area contributed by atoms with Gasteiger partial charge in [0.2, 0.25) is 0 Å². The highest BCUT2D eigenvalue weighted by Gasteiger charge is 2.24. The van der Waals surface area contributed by atoms with E-state index in [1.54, 1.807) is 13.2 Å². The molecule has 1 aromatic rings. The molecule has 0 radical (unpaired) electrons. The Hall–Kier alpha value is -1.09. The second kappa shape index (κ2) is 6.38. The van der Waals surface area contributed by atoms with Crippen LogP contribution in [0.2, 0.25) is 0 Å². The molecule has 2 nitrogen and oxygen atoms in total. The largest absolute Gasteiger partial charge is 0.497 e. The molecular formula is C16H24FNO. The number of hydrogen-bond donors (Lipinski definition) is 1. The number of rotatable bonds is 4. The summed E-state index contributed by atoms with van der Waals surface area (Å²) >= 11 is 0. The first kappa shape index (κ1) is 14.3. The van der Waals surface area contributed by atoms with Crippen LogP contribution in [0.3, 0.4) is 0 Å². The summed E-state index contributed by atoms with van der Waals surface area (Å²) in [6.45, 7) is 5.23. The minimum absolute atomic E-state index is 0.191. The second-order valence-electron chi connectivity index (χ2n) is 5.80. The predicted molar refractivity (Wildman–Crippen MR) is 75.8 cm³/mol. The molecule has 1 aliphatic carbocycles. The summed E-state index contributed by atoms with van der Waals surface area (Å²) in [5.41, 5.74) is 0.715. The Morgan fingerprint density at radius 2 is 2.05 bits per heavy atom. The quantitative estimate of drug-likeness (QED) is 0.895. The molecule has 3 atom stereocenters. The van der Waals surface area contributed by atoms with Crippen LogP contribution < -0.4 is 10.1 Å². The van der Waals surface area contributed by atoms with Gasteiger partial charge in [-0.2, -0.15) is 0 Å². The minimum Gasteiger partial charge on any atom is -0.497 e. The Kier molecular flexibility index (Phi) is 4.81. The van der Waals surface area contributed by atoms with Gasteiger partial charge in [-0.15, -0.1) is 0 Å². The van der Waals surface area contributed by atoms with Crippen molar-refractivity contribution in [3.05, 3.63) is 29.6 Å². The maximum absolute atomic E-state index is 13.8. The van der Waals surface area contributed by atoms with E-state index in [0.29, 0.717) is 23.9 Å². The number of hydrogen-bond acceptors (Lipinski definition) is 2. The van der Waals surface area contributed by atoms with Crippen molar-refractivity contribution in [3.63, 3.8) is 0 Å². The minimum atomic E-state index is -0.191. The Morgan fingerprint density at radius 1 is 1.26 bits per heavy atom. The van der Waals surface area contributed by atoms with Crippen molar-refractivity contribution in [1.29, 1.82) is 0 Å². The summed E-state index contributed by atoms with van der Waals surface area (Å²) in [7, 11) is 1.55. The summed E-state index contributed by atoms with van der Waals surface area (Å²) in [5.74, 6) is 1.95. The molecule has 0 bridgehead atoms. The van der Waals surface area contributed by atoms with Gasteiger partial charge in [0.15, 0.2) is 0 Å². The normalized spacial score (nSPS) is 27.3. The molecule has 1 saturated carbocycles. The lowest BCUT2D eigenvalue weighted by Crippen LogP contribution is -2.35. The molecular weight excluding hydrogens is 241 g/mol. The van der Waals surface area contributed by atoms with Crippen molar-refractivity contribution in [2.24, 2.45) is 11.8 Å². The smallest absolute Gasteiger partial charge is 0.131 e. The fourth-order valence-corrected chi connectivity index (χ4v) is 2.79. The van der Waals surface area contributed by atoms with E-state index in [0.717, 1.165) is 11.8 Å². The first-order chi connectivity index (χ1) is 9.10. The standard InChI is InChI=1S/C16H24FNO/c1-11-4-6-14(8-12(11)2)18-10-13-5-7-15(19-3)9-16(13)17/h5,7,9,11-12,14,18H,4,6,8,10H2,1-3H3. The van der Waals surface area contributed by atoms with Crippen LogP contribution in [0.25, 0.3) is 0 Å². The lowest BCUT2D eigenvalue weighted by Gasteiger charge is -2.32. The highest BCUT2D eigenvalue weighted by Crippen LogP contribution is 2.29. The van der Waals surface area contributed by atoms with Crippen molar-refractivity contribution in [1.82, 2.24) is 5.32 Å². The first-order valence-electron chi connectivity index (χ1n) is 7.16. The van der Waals surface area contributed by atoms with Gasteiger partial charge >= 0.3 is 0 Å². The zero-order valence-electron chi connectivity index (χ0n) is 12.1. The molecule has 0 spiro atoms. The zero-order valence-corrected chi connectivity index (χ0v) is 12.1. The summed E-state index contributed by atoms with van der Waals surface area (Å²) in [5, 5.41) is 3.49. The van der Waals surface area contributed by atoms with Crippen LogP contribution in [-0.2, 0) is 6.54 Å². The SMILES string of the molecule is COc1ccc(CNC2CCC(C)C(C)C2)c(F)c1. The molecule has 0 amide bonds. The Morgan fingerprint density at radius 3 is 2.68 bits per heavy atom. The highest BCUT2D eigenvalue weighted by atomic mass is 19.1. The van der Waals surface area contributed by atoms with Gasteiger partial charge in [-0.3, -0.25) is 0 Å². The maximum atomic E-state index is 13.8. The topological polar surface area (TPSA) is 21.3 Å². The molecule has 1 aliphatic rings. The number of benzene rings is 1. The third-order valence-electron chi connectivity index (χ3n) is 4.44. The van der Waals surface area contributed by atoms with Gasteiger partial charge in [-0.25, -0.2) is 4.39 Å². The van der Waals surface area contributed by atoms with Gasteiger partial charge < -0.3 is 10.1 Å². The van der Waals surface area contributed by atoms with Gasteiger partial charge in [0, 0.05) is 24.2 Å². The average molecular weight is 265 g/mol. The summed E-state index contributed by atoms with van der Waals surface area (Å²) < 4.78 is 18.8. The molecule has 0 saturated heterocycles. The van der Waals surface area contributed by atoms with Crippen molar-refractivity contribution in [2.75, 3.05) is 7.11 Å². The van der Waals surface area contributed by atoms with Gasteiger partial charge in [0.05, 0.1) is 7.11 Å². The van der Waals surface area contributed by atoms with E-state index in [2.05, 4.69) is 19.2 Å². The molecule has 0 aliphatic heterocycles. The van der Waals surface area contributed by atoms with E-state index < -0.39 is 0 Å². The predicted octanol–water partition coefficient (Wildman–Crippen LogP) is 3.75. The van der Waals surface area contributed by atoms with Crippen molar-refractivity contribution < 1.29 is 9.13 Å². The van der Waals surface area contributed by atoms with Gasteiger partial charge in [-0.1, -0.05) is 19.9 Å². The summed E-state index contributed by atoms with van der Waals surface area (Å²) in [4.78, 5) is 0. The van der Waals surface area contributed by atoms with Crippen molar-refractivity contribution >= 4 is 0 Å². The van der Waals surface area contributed by atoms with Crippen LogP contribution in [0, 0.1) is 17.7 Å². The van der Waals surface area contributed by atoms with Crippen molar-refractivity contribution in [3.8, 4) is 5.75 Å². The van der Waals surface area contributed by atoms with Crippen LogP contribution >= 0.6 is 0 Å². The molecule has 2 rings (SSSR count). The Labute approximate surface area is 115 Å². The molecule has 3 unspecified atom stereocenters. The van der Waals surface area contributed by atoms with Crippen LogP contribution in [0.1, 0.15) is 38.7 Å².